The lowest BCUT2D eigenvalue weighted by atomic mass is 10.0. The molecule has 0 radical (unpaired) electrons. The van der Waals surface area contributed by atoms with Gasteiger partial charge in [-0.1, -0.05) is 24.1 Å². The van der Waals surface area contributed by atoms with E-state index in [2.05, 4.69) is 26.3 Å². The molecule has 0 atom stereocenters. The summed E-state index contributed by atoms with van der Waals surface area (Å²) in [4.78, 5) is 15.0. The number of H-pyrrole nitrogens is 1. The summed E-state index contributed by atoms with van der Waals surface area (Å²) < 4.78 is 27.8. The van der Waals surface area contributed by atoms with Gasteiger partial charge in [0, 0.05) is 30.1 Å². The Bertz CT molecular complexity index is 1090. The Morgan fingerprint density at radius 1 is 1.28 bits per heavy atom. The SMILES string of the molecule is C#CCN1CCC(NC(=O)c2n[nH]c3ccc(-c4cccc(F)c4F)cc23)CC1. The van der Waals surface area contributed by atoms with Crippen LogP contribution in [0.1, 0.15) is 23.3 Å². The van der Waals surface area contributed by atoms with Gasteiger partial charge in [-0.15, -0.1) is 6.42 Å². The highest BCUT2D eigenvalue weighted by molar-refractivity contribution is 6.05. The molecule has 1 aliphatic rings. The zero-order chi connectivity index (χ0) is 20.4. The molecule has 1 aromatic heterocycles. The molecule has 2 heterocycles. The molecule has 5 nitrogen and oxygen atoms in total. The molecule has 1 fully saturated rings. The molecule has 7 heteroatoms. The number of rotatable bonds is 4. The first kappa shape index (κ1) is 19.1. The predicted octanol–water partition coefficient (Wildman–Crippen LogP) is 3.34. The van der Waals surface area contributed by atoms with Gasteiger partial charge < -0.3 is 5.32 Å². The van der Waals surface area contributed by atoms with E-state index in [0.717, 1.165) is 32.0 Å². The smallest absolute Gasteiger partial charge is 0.272 e. The zero-order valence-electron chi connectivity index (χ0n) is 15.7. The minimum absolute atomic E-state index is 0.0483. The van der Waals surface area contributed by atoms with Crippen molar-refractivity contribution in [2.75, 3.05) is 19.6 Å². The molecule has 0 bridgehead atoms. The van der Waals surface area contributed by atoms with Crippen molar-refractivity contribution in [1.29, 1.82) is 0 Å². The Kier molecular flexibility index (Phi) is 5.28. The van der Waals surface area contributed by atoms with Crippen LogP contribution in [-0.2, 0) is 0 Å². The van der Waals surface area contributed by atoms with E-state index >= 15 is 0 Å². The molecule has 3 aromatic rings. The third kappa shape index (κ3) is 3.84. The van der Waals surface area contributed by atoms with Gasteiger partial charge in [-0.05, 0) is 36.6 Å². The van der Waals surface area contributed by atoms with Crippen LogP contribution >= 0.6 is 0 Å². The number of aromatic nitrogens is 2. The van der Waals surface area contributed by atoms with Crippen molar-refractivity contribution in [3.63, 3.8) is 0 Å². The second-order valence-corrected chi connectivity index (χ2v) is 7.16. The number of nitrogens with one attached hydrogen (secondary N) is 2. The average Bonchev–Trinajstić information content (AvgIpc) is 3.15. The number of amides is 1. The summed E-state index contributed by atoms with van der Waals surface area (Å²) in [5.41, 5.74) is 1.51. The number of piperidine rings is 1. The number of likely N-dealkylation sites (tertiary alicyclic amines) is 1. The maximum absolute atomic E-state index is 14.2. The van der Waals surface area contributed by atoms with Gasteiger partial charge >= 0.3 is 0 Å². The molecule has 148 valence electrons. The number of benzene rings is 2. The van der Waals surface area contributed by atoms with Gasteiger partial charge in [-0.25, -0.2) is 8.78 Å². The van der Waals surface area contributed by atoms with E-state index in [1.807, 2.05) is 0 Å². The molecule has 1 saturated heterocycles. The normalized spacial score (nSPS) is 15.3. The number of hydrogen-bond donors (Lipinski definition) is 2. The third-order valence-corrected chi connectivity index (χ3v) is 5.28. The summed E-state index contributed by atoms with van der Waals surface area (Å²) in [5, 5.41) is 10.5. The van der Waals surface area contributed by atoms with Crippen molar-refractivity contribution >= 4 is 16.8 Å². The van der Waals surface area contributed by atoms with Gasteiger partial charge in [-0.3, -0.25) is 14.8 Å². The molecule has 0 spiro atoms. The summed E-state index contributed by atoms with van der Waals surface area (Å²) in [6.07, 6.45) is 6.98. The largest absolute Gasteiger partial charge is 0.348 e. The van der Waals surface area contributed by atoms with E-state index in [1.54, 1.807) is 18.2 Å². The van der Waals surface area contributed by atoms with Crippen LogP contribution < -0.4 is 5.32 Å². The summed E-state index contributed by atoms with van der Waals surface area (Å²) in [6, 6.07) is 9.10. The van der Waals surface area contributed by atoms with Gasteiger partial charge in [0.15, 0.2) is 17.3 Å². The van der Waals surface area contributed by atoms with E-state index in [9.17, 15) is 13.6 Å². The van der Waals surface area contributed by atoms with Crippen LogP contribution in [0.3, 0.4) is 0 Å². The highest BCUT2D eigenvalue weighted by Crippen LogP contribution is 2.28. The fourth-order valence-electron chi connectivity index (χ4n) is 3.70. The molecule has 0 unspecified atom stereocenters. The maximum atomic E-state index is 14.2. The monoisotopic (exact) mass is 394 g/mol. The van der Waals surface area contributed by atoms with Crippen molar-refractivity contribution in [1.82, 2.24) is 20.4 Å². The zero-order valence-corrected chi connectivity index (χ0v) is 15.7. The average molecular weight is 394 g/mol. The highest BCUT2D eigenvalue weighted by Gasteiger charge is 2.23. The molecule has 2 N–H and O–H groups in total. The van der Waals surface area contributed by atoms with Crippen molar-refractivity contribution in [2.24, 2.45) is 0 Å². The Morgan fingerprint density at radius 3 is 2.83 bits per heavy atom. The quantitative estimate of drug-likeness (QED) is 0.668. The third-order valence-electron chi connectivity index (χ3n) is 5.28. The fraction of sp³-hybridized carbons (Fsp3) is 0.273. The predicted molar refractivity (Wildman–Crippen MR) is 107 cm³/mol. The fourth-order valence-corrected chi connectivity index (χ4v) is 3.70. The molecule has 4 rings (SSSR count). The Balaban J connectivity index is 1.56. The molecular weight excluding hydrogens is 374 g/mol. The standard InChI is InChI=1S/C22H20F2N4O/c1-2-10-28-11-8-15(9-12-28)25-22(29)21-17-13-14(6-7-19(17)26-27-21)16-4-3-5-18(23)20(16)24/h1,3-7,13,15H,8-12H2,(H,25,29)(H,26,27). The lowest BCUT2D eigenvalue weighted by Gasteiger charge is -2.30. The molecule has 0 aliphatic carbocycles. The van der Waals surface area contributed by atoms with Gasteiger partial charge in [0.2, 0.25) is 0 Å². The number of aromatic amines is 1. The number of fused-ring (bicyclic) bond motifs is 1. The molecule has 2 aromatic carbocycles. The second kappa shape index (κ2) is 8.02. The molecule has 1 aliphatic heterocycles. The second-order valence-electron chi connectivity index (χ2n) is 7.16. The number of halogens is 2. The van der Waals surface area contributed by atoms with E-state index in [0.29, 0.717) is 23.0 Å². The number of carbonyl (C=O) groups excluding carboxylic acids is 1. The molecular formula is C22H20F2N4O. The van der Waals surface area contributed by atoms with E-state index < -0.39 is 11.6 Å². The van der Waals surface area contributed by atoms with Crippen molar-refractivity contribution in [3.05, 3.63) is 53.7 Å². The van der Waals surface area contributed by atoms with Crippen LogP contribution in [0.25, 0.3) is 22.0 Å². The van der Waals surface area contributed by atoms with E-state index in [4.69, 9.17) is 6.42 Å². The first-order valence-electron chi connectivity index (χ1n) is 9.46. The lowest BCUT2D eigenvalue weighted by molar-refractivity contribution is 0.0911. The van der Waals surface area contributed by atoms with Gasteiger partial charge in [0.05, 0.1) is 12.1 Å². The Morgan fingerprint density at radius 2 is 2.07 bits per heavy atom. The minimum atomic E-state index is -0.917. The number of nitrogens with zero attached hydrogens (tertiary/aromatic N) is 2. The minimum Gasteiger partial charge on any atom is -0.348 e. The van der Waals surface area contributed by atoms with Crippen LogP contribution in [-0.4, -0.2) is 46.7 Å². The van der Waals surface area contributed by atoms with Crippen molar-refractivity contribution in [2.45, 2.75) is 18.9 Å². The van der Waals surface area contributed by atoms with Gasteiger partial charge in [0.1, 0.15) is 0 Å². The van der Waals surface area contributed by atoms with Crippen LogP contribution in [0.2, 0.25) is 0 Å². The summed E-state index contributed by atoms with van der Waals surface area (Å²) in [7, 11) is 0. The maximum Gasteiger partial charge on any atom is 0.272 e. The van der Waals surface area contributed by atoms with E-state index in [1.165, 1.54) is 12.1 Å². The van der Waals surface area contributed by atoms with Crippen LogP contribution in [0, 0.1) is 24.0 Å². The Labute approximate surface area is 167 Å². The number of hydrogen-bond acceptors (Lipinski definition) is 3. The lowest BCUT2D eigenvalue weighted by Crippen LogP contribution is -2.44. The topological polar surface area (TPSA) is 61.0 Å². The molecule has 1 amide bonds. The summed E-state index contributed by atoms with van der Waals surface area (Å²) in [5.74, 6) is 0.518. The van der Waals surface area contributed by atoms with Gasteiger partial charge in [0.25, 0.3) is 5.91 Å². The van der Waals surface area contributed by atoms with E-state index in [-0.39, 0.29) is 23.2 Å². The van der Waals surface area contributed by atoms with Gasteiger partial charge in [-0.2, -0.15) is 5.10 Å². The van der Waals surface area contributed by atoms with Crippen molar-refractivity contribution < 1.29 is 13.6 Å². The summed E-state index contributed by atoms with van der Waals surface area (Å²) >= 11 is 0. The van der Waals surface area contributed by atoms with Crippen molar-refractivity contribution in [3.8, 4) is 23.5 Å². The highest BCUT2D eigenvalue weighted by atomic mass is 19.2. The number of terminal acetylenes is 1. The summed E-state index contributed by atoms with van der Waals surface area (Å²) in [6.45, 7) is 2.28. The van der Waals surface area contributed by atoms with Crippen LogP contribution in [0.5, 0.6) is 0 Å². The first-order valence-corrected chi connectivity index (χ1v) is 9.46. The Hall–Kier alpha value is -3.24. The first-order chi connectivity index (χ1) is 14.1. The molecule has 29 heavy (non-hydrogen) atoms. The van der Waals surface area contributed by atoms with Crippen LogP contribution in [0.4, 0.5) is 8.78 Å². The number of carbonyl (C=O) groups is 1. The van der Waals surface area contributed by atoms with Crippen LogP contribution in [0.15, 0.2) is 36.4 Å². The molecule has 0 saturated carbocycles.